The van der Waals surface area contributed by atoms with Crippen molar-refractivity contribution in [3.63, 3.8) is 0 Å². The van der Waals surface area contributed by atoms with E-state index in [9.17, 15) is 14.7 Å². The highest BCUT2D eigenvalue weighted by molar-refractivity contribution is 5.90. The van der Waals surface area contributed by atoms with Gasteiger partial charge in [0.05, 0.1) is 12.6 Å². The first-order valence-corrected chi connectivity index (χ1v) is 5.96. The van der Waals surface area contributed by atoms with E-state index in [-0.39, 0.29) is 18.4 Å². The zero-order valence-corrected chi connectivity index (χ0v) is 9.93. The lowest BCUT2D eigenvalue weighted by atomic mass is 10.1. The summed E-state index contributed by atoms with van der Waals surface area (Å²) in [6.45, 7) is -0.170. The molecule has 2 atom stereocenters. The molecule has 3 N–H and O–H groups in total. The van der Waals surface area contributed by atoms with Crippen LogP contribution in [0.2, 0.25) is 0 Å². The Morgan fingerprint density at radius 1 is 1.44 bits per heavy atom. The van der Waals surface area contributed by atoms with E-state index in [4.69, 9.17) is 0 Å². The molecule has 1 aliphatic rings. The molecule has 1 aromatic carbocycles. The lowest BCUT2D eigenvalue weighted by molar-refractivity contribution is -0.126. The number of aliphatic hydroxyl groups excluding tert-OH is 1. The molecule has 0 bridgehead atoms. The van der Waals surface area contributed by atoms with E-state index in [0.29, 0.717) is 12.8 Å². The van der Waals surface area contributed by atoms with Crippen molar-refractivity contribution >= 4 is 11.8 Å². The fourth-order valence-electron chi connectivity index (χ4n) is 2.00. The molecule has 18 heavy (non-hydrogen) atoms. The summed E-state index contributed by atoms with van der Waals surface area (Å²) in [6.07, 6.45) is 0.894. The third-order valence-corrected chi connectivity index (χ3v) is 3.01. The summed E-state index contributed by atoms with van der Waals surface area (Å²) >= 11 is 0. The molecule has 2 amide bonds. The molecular formula is C13H16N2O3. The number of benzene rings is 1. The Bertz CT molecular complexity index is 433. The van der Waals surface area contributed by atoms with Crippen molar-refractivity contribution in [2.75, 3.05) is 6.61 Å². The Kier molecular flexibility index (Phi) is 3.94. The zero-order chi connectivity index (χ0) is 13.0. The van der Waals surface area contributed by atoms with Crippen LogP contribution in [-0.4, -0.2) is 29.6 Å². The van der Waals surface area contributed by atoms with Gasteiger partial charge in [0, 0.05) is 6.42 Å². The highest BCUT2D eigenvalue weighted by Gasteiger charge is 2.28. The highest BCUT2D eigenvalue weighted by Crippen LogP contribution is 2.13. The van der Waals surface area contributed by atoms with E-state index >= 15 is 0 Å². The van der Waals surface area contributed by atoms with Gasteiger partial charge in [0.1, 0.15) is 6.04 Å². The SMILES string of the molecule is O=C1CC[C@@H](C(=O)N[C@H](CO)c2ccccc2)N1. The van der Waals surface area contributed by atoms with Crippen molar-refractivity contribution < 1.29 is 14.7 Å². The average Bonchev–Trinajstić information content (AvgIpc) is 2.83. The molecule has 0 aliphatic carbocycles. The Balaban J connectivity index is 1.98. The second-order valence-electron chi connectivity index (χ2n) is 4.31. The van der Waals surface area contributed by atoms with Gasteiger partial charge in [-0.2, -0.15) is 0 Å². The van der Waals surface area contributed by atoms with Gasteiger partial charge < -0.3 is 15.7 Å². The van der Waals surface area contributed by atoms with Gasteiger partial charge in [-0.05, 0) is 12.0 Å². The maximum absolute atomic E-state index is 11.9. The number of nitrogens with one attached hydrogen (secondary N) is 2. The molecule has 2 rings (SSSR count). The van der Waals surface area contributed by atoms with Gasteiger partial charge in [-0.1, -0.05) is 30.3 Å². The number of carbonyl (C=O) groups excluding carboxylic acids is 2. The lowest BCUT2D eigenvalue weighted by Gasteiger charge is -2.19. The van der Waals surface area contributed by atoms with Crippen molar-refractivity contribution in [3.8, 4) is 0 Å². The number of hydrogen-bond donors (Lipinski definition) is 3. The van der Waals surface area contributed by atoms with Gasteiger partial charge in [-0.25, -0.2) is 0 Å². The zero-order valence-electron chi connectivity index (χ0n) is 9.93. The topological polar surface area (TPSA) is 78.4 Å². The lowest BCUT2D eigenvalue weighted by Crippen LogP contribution is -2.43. The molecule has 1 aliphatic heterocycles. The van der Waals surface area contributed by atoms with Crippen molar-refractivity contribution in [3.05, 3.63) is 35.9 Å². The molecule has 1 heterocycles. The first kappa shape index (κ1) is 12.6. The average molecular weight is 248 g/mol. The molecular weight excluding hydrogens is 232 g/mol. The molecule has 5 heteroatoms. The fraction of sp³-hybridized carbons (Fsp3) is 0.385. The quantitative estimate of drug-likeness (QED) is 0.708. The second kappa shape index (κ2) is 5.64. The summed E-state index contributed by atoms with van der Waals surface area (Å²) in [5.41, 5.74) is 0.845. The molecule has 0 spiro atoms. The monoisotopic (exact) mass is 248 g/mol. The minimum atomic E-state index is -0.477. The molecule has 0 saturated carbocycles. The maximum atomic E-state index is 11.9. The van der Waals surface area contributed by atoms with Crippen molar-refractivity contribution in [2.45, 2.75) is 24.9 Å². The fourth-order valence-corrected chi connectivity index (χ4v) is 2.00. The van der Waals surface area contributed by atoms with E-state index in [1.165, 1.54) is 0 Å². The third-order valence-electron chi connectivity index (χ3n) is 3.01. The molecule has 0 radical (unpaired) electrons. The standard InChI is InChI=1S/C13H16N2O3/c16-8-11(9-4-2-1-3-5-9)15-13(18)10-6-7-12(17)14-10/h1-5,10-11,16H,6-8H2,(H,14,17)(H,15,18)/t10-,11+/m0/s1. The maximum Gasteiger partial charge on any atom is 0.243 e. The van der Waals surface area contributed by atoms with Crippen LogP contribution in [0.4, 0.5) is 0 Å². The smallest absolute Gasteiger partial charge is 0.243 e. The van der Waals surface area contributed by atoms with E-state index < -0.39 is 12.1 Å². The van der Waals surface area contributed by atoms with Crippen LogP contribution in [0.5, 0.6) is 0 Å². The van der Waals surface area contributed by atoms with Gasteiger partial charge >= 0.3 is 0 Å². The van der Waals surface area contributed by atoms with Crippen molar-refractivity contribution in [1.29, 1.82) is 0 Å². The highest BCUT2D eigenvalue weighted by atomic mass is 16.3. The molecule has 0 aromatic heterocycles. The number of aliphatic hydroxyl groups is 1. The Morgan fingerprint density at radius 3 is 2.72 bits per heavy atom. The van der Waals surface area contributed by atoms with Crippen LogP contribution in [0, 0.1) is 0 Å². The number of carbonyl (C=O) groups is 2. The molecule has 96 valence electrons. The van der Waals surface area contributed by atoms with Gasteiger partial charge in [0.15, 0.2) is 0 Å². The number of hydrogen-bond acceptors (Lipinski definition) is 3. The van der Waals surface area contributed by atoms with Gasteiger partial charge in [0.2, 0.25) is 11.8 Å². The van der Waals surface area contributed by atoms with Gasteiger partial charge in [-0.15, -0.1) is 0 Å². The van der Waals surface area contributed by atoms with Crippen LogP contribution in [0.25, 0.3) is 0 Å². The minimum Gasteiger partial charge on any atom is -0.394 e. The van der Waals surface area contributed by atoms with Crippen LogP contribution < -0.4 is 10.6 Å². The van der Waals surface area contributed by atoms with E-state index in [0.717, 1.165) is 5.56 Å². The van der Waals surface area contributed by atoms with E-state index in [2.05, 4.69) is 10.6 Å². The first-order valence-electron chi connectivity index (χ1n) is 5.96. The van der Waals surface area contributed by atoms with Crippen LogP contribution in [-0.2, 0) is 9.59 Å². The third kappa shape index (κ3) is 2.87. The minimum absolute atomic E-state index is 0.101. The predicted octanol–water partition coefficient (Wildman–Crippen LogP) is 0.115. The summed E-state index contributed by atoms with van der Waals surface area (Å²) < 4.78 is 0. The first-order chi connectivity index (χ1) is 8.70. The summed E-state index contributed by atoms with van der Waals surface area (Å²) in [6, 6.07) is 8.34. The Morgan fingerprint density at radius 2 is 2.17 bits per heavy atom. The number of rotatable bonds is 4. The molecule has 5 nitrogen and oxygen atoms in total. The molecule has 1 aromatic rings. The van der Waals surface area contributed by atoms with Crippen LogP contribution >= 0.6 is 0 Å². The molecule has 0 unspecified atom stereocenters. The Labute approximate surface area is 105 Å². The van der Waals surface area contributed by atoms with Crippen molar-refractivity contribution in [1.82, 2.24) is 10.6 Å². The van der Waals surface area contributed by atoms with Crippen LogP contribution in [0.15, 0.2) is 30.3 Å². The summed E-state index contributed by atoms with van der Waals surface area (Å²) in [7, 11) is 0. The normalized spacial score (nSPS) is 20.3. The van der Waals surface area contributed by atoms with E-state index in [1.54, 1.807) is 0 Å². The molecule has 1 fully saturated rings. The Hall–Kier alpha value is -1.88. The van der Waals surface area contributed by atoms with Gasteiger partial charge in [-0.3, -0.25) is 9.59 Å². The summed E-state index contributed by atoms with van der Waals surface area (Å²) in [4.78, 5) is 22.9. The van der Waals surface area contributed by atoms with E-state index in [1.807, 2.05) is 30.3 Å². The number of amides is 2. The van der Waals surface area contributed by atoms with Crippen molar-refractivity contribution in [2.24, 2.45) is 0 Å². The molecule has 1 saturated heterocycles. The summed E-state index contributed by atoms with van der Waals surface area (Å²) in [5, 5.41) is 14.7. The summed E-state index contributed by atoms with van der Waals surface area (Å²) in [5.74, 6) is -0.348. The second-order valence-corrected chi connectivity index (χ2v) is 4.31. The predicted molar refractivity (Wildman–Crippen MR) is 65.6 cm³/mol. The largest absolute Gasteiger partial charge is 0.394 e. The van der Waals surface area contributed by atoms with Gasteiger partial charge in [0.25, 0.3) is 0 Å². The van der Waals surface area contributed by atoms with Crippen LogP contribution in [0.3, 0.4) is 0 Å². The van der Waals surface area contributed by atoms with Crippen LogP contribution in [0.1, 0.15) is 24.4 Å².